The van der Waals surface area contributed by atoms with Crippen molar-refractivity contribution in [1.82, 2.24) is 19.6 Å². The second-order valence-electron chi connectivity index (χ2n) is 8.24. The predicted molar refractivity (Wildman–Crippen MR) is 130 cm³/mol. The summed E-state index contributed by atoms with van der Waals surface area (Å²) in [7, 11) is 0. The van der Waals surface area contributed by atoms with Crippen molar-refractivity contribution in [2.75, 3.05) is 0 Å². The lowest BCUT2D eigenvalue weighted by Crippen LogP contribution is -2.14. The van der Waals surface area contributed by atoms with Crippen molar-refractivity contribution in [3.8, 4) is 17.4 Å². The lowest BCUT2D eigenvalue weighted by Gasteiger charge is -2.27. The summed E-state index contributed by atoms with van der Waals surface area (Å²) >= 11 is 0. The average Bonchev–Trinajstić information content (AvgIpc) is 3.31. The molecule has 0 aliphatic carbocycles. The monoisotopic (exact) mass is 463 g/mol. The molecular formula is C27H21N5O3. The fourth-order valence-corrected chi connectivity index (χ4v) is 4.32. The third kappa shape index (κ3) is 3.85. The van der Waals surface area contributed by atoms with E-state index in [0.717, 1.165) is 28.0 Å². The van der Waals surface area contributed by atoms with E-state index in [4.69, 9.17) is 14.6 Å². The fourth-order valence-electron chi connectivity index (χ4n) is 4.32. The zero-order valence-corrected chi connectivity index (χ0v) is 18.9. The van der Waals surface area contributed by atoms with Gasteiger partial charge in [-0.25, -0.2) is 14.5 Å². The highest BCUT2D eigenvalue weighted by Gasteiger charge is 2.33. The molecule has 2 aromatic heterocycles. The van der Waals surface area contributed by atoms with Crippen molar-refractivity contribution >= 4 is 11.4 Å². The van der Waals surface area contributed by atoms with Crippen LogP contribution < -0.4 is 4.74 Å². The van der Waals surface area contributed by atoms with Crippen LogP contribution in [-0.2, 0) is 11.4 Å². The number of benzene rings is 3. The number of aromatic nitrogens is 4. The molecule has 8 nitrogen and oxygen atoms in total. The first-order valence-corrected chi connectivity index (χ1v) is 11.2. The topological polar surface area (TPSA) is 94.1 Å². The highest BCUT2D eigenvalue weighted by atomic mass is 16.6. The van der Waals surface area contributed by atoms with Crippen LogP contribution in [0, 0.1) is 0 Å². The molecule has 0 bridgehead atoms. The van der Waals surface area contributed by atoms with Crippen molar-refractivity contribution in [3.05, 3.63) is 113 Å². The first-order chi connectivity index (χ1) is 17.2. The molecule has 0 saturated heterocycles. The summed E-state index contributed by atoms with van der Waals surface area (Å²) in [6.07, 6.45) is 1.57. The zero-order chi connectivity index (χ0) is 23.8. The fraction of sp³-hybridized carbons (Fsp3) is 0.111. The Morgan fingerprint density at radius 1 is 1.06 bits per heavy atom. The van der Waals surface area contributed by atoms with Gasteiger partial charge >= 0.3 is 0 Å². The van der Waals surface area contributed by atoms with E-state index in [9.17, 15) is 5.11 Å². The third-order valence-corrected chi connectivity index (χ3v) is 5.95. The van der Waals surface area contributed by atoms with Gasteiger partial charge in [0.05, 0.1) is 11.3 Å². The molecule has 1 atom stereocenters. The summed E-state index contributed by atoms with van der Waals surface area (Å²) in [5.41, 5.74) is 5.17. The largest absolute Gasteiger partial charge is 0.508 e. The van der Waals surface area contributed by atoms with E-state index in [1.54, 1.807) is 23.0 Å². The maximum atomic E-state index is 10.0. The Morgan fingerprint density at radius 2 is 1.83 bits per heavy atom. The van der Waals surface area contributed by atoms with Crippen molar-refractivity contribution in [1.29, 1.82) is 0 Å². The van der Waals surface area contributed by atoms with Crippen molar-refractivity contribution in [3.63, 3.8) is 0 Å². The number of phenols is 1. The number of phenolic OH excluding ortho intramolecular Hbond substituents is 1. The molecule has 0 amide bonds. The molecule has 35 heavy (non-hydrogen) atoms. The predicted octanol–water partition coefficient (Wildman–Crippen LogP) is 5.06. The van der Waals surface area contributed by atoms with E-state index in [0.29, 0.717) is 23.1 Å². The van der Waals surface area contributed by atoms with Crippen LogP contribution in [0.4, 0.5) is 0 Å². The number of aromatic hydroxyl groups is 1. The Morgan fingerprint density at radius 3 is 2.63 bits per heavy atom. The molecule has 0 spiro atoms. The zero-order valence-electron chi connectivity index (χ0n) is 18.9. The first kappa shape index (κ1) is 20.9. The molecule has 0 fully saturated rings. The van der Waals surface area contributed by atoms with Gasteiger partial charge in [0.25, 0.3) is 0 Å². The number of hydrogen-bond acceptors (Lipinski definition) is 7. The minimum atomic E-state index is -0.192. The molecule has 0 saturated carbocycles. The van der Waals surface area contributed by atoms with Gasteiger partial charge in [0.1, 0.15) is 17.8 Å². The van der Waals surface area contributed by atoms with Gasteiger partial charge in [-0.2, -0.15) is 0 Å². The molecule has 1 aliphatic rings. The molecule has 1 aliphatic heterocycles. The normalized spacial score (nSPS) is 14.8. The van der Waals surface area contributed by atoms with Gasteiger partial charge in [-0.1, -0.05) is 71.9 Å². The van der Waals surface area contributed by atoms with Crippen LogP contribution in [0.25, 0.3) is 5.65 Å². The van der Waals surface area contributed by atoms with Crippen molar-refractivity contribution < 1.29 is 14.7 Å². The number of ether oxygens (including phenoxy) is 1. The van der Waals surface area contributed by atoms with Gasteiger partial charge in [-0.15, -0.1) is 5.10 Å². The Balaban J connectivity index is 1.38. The summed E-state index contributed by atoms with van der Waals surface area (Å²) in [6, 6.07) is 25.0. The van der Waals surface area contributed by atoms with Crippen LogP contribution in [0.15, 0.2) is 90.3 Å². The number of oxime groups is 1. The van der Waals surface area contributed by atoms with Gasteiger partial charge in [-0.05, 0) is 24.1 Å². The standard InChI is InChI=1S/C27H21N5O3/c1-17(18-8-4-2-5-9-18)31-34-15-23-29-26-25-24(19-10-6-3-7-11-19)21-13-12-20(33)14-22(21)35-27(25)28-16-32(26)30-23/h2-14,16,24,33H,15H2,1H3. The highest BCUT2D eigenvalue weighted by Crippen LogP contribution is 2.48. The second kappa shape index (κ2) is 8.57. The lowest BCUT2D eigenvalue weighted by atomic mass is 9.84. The lowest BCUT2D eigenvalue weighted by molar-refractivity contribution is 0.125. The minimum Gasteiger partial charge on any atom is -0.508 e. The molecule has 0 radical (unpaired) electrons. The molecule has 1 N–H and O–H groups in total. The Bertz CT molecular complexity index is 1550. The van der Waals surface area contributed by atoms with E-state index < -0.39 is 0 Å². The van der Waals surface area contributed by atoms with E-state index in [2.05, 4.69) is 27.4 Å². The van der Waals surface area contributed by atoms with Crippen LogP contribution in [0.2, 0.25) is 0 Å². The third-order valence-electron chi connectivity index (χ3n) is 5.95. The van der Waals surface area contributed by atoms with Crippen LogP contribution in [0.3, 0.4) is 0 Å². The Kier molecular flexibility index (Phi) is 5.11. The van der Waals surface area contributed by atoms with Gasteiger partial charge in [0, 0.05) is 17.5 Å². The number of rotatable bonds is 5. The number of nitrogens with zero attached hydrogens (tertiary/aromatic N) is 5. The quantitative estimate of drug-likeness (QED) is 0.284. The van der Waals surface area contributed by atoms with Gasteiger partial charge in [0.2, 0.25) is 5.88 Å². The van der Waals surface area contributed by atoms with Gasteiger partial charge in [0.15, 0.2) is 18.1 Å². The first-order valence-electron chi connectivity index (χ1n) is 11.2. The Labute approximate surface area is 201 Å². The molecule has 3 aromatic carbocycles. The Hall–Kier alpha value is -4.72. The summed E-state index contributed by atoms with van der Waals surface area (Å²) < 4.78 is 7.72. The summed E-state index contributed by atoms with van der Waals surface area (Å²) in [5, 5.41) is 18.8. The van der Waals surface area contributed by atoms with E-state index in [1.165, 1.54) is 0 Å². The summed E-state index contributed by atoms with van der Waals surface area (Å²) in [6.45, 7) is 2.01. The molecular weight excluding hydrogens is 442 g/mol. The SMILES string of the molecule is CC(=NOCc1nc2c3c(ncn2n1)Oc1cc(O)ccc1C3c1ccccc1)c1ccccc1. The van der Waals surface area contributed by atoms with Crippen LogP contribution in [0.1, 0.15) is 40.9 Å². The minimum absolute atomic E-state index is 0.113. The van der Waals surface area contributed by atoms with Crippen LogP contribution >= 0.6 is 0 Å². The average molecular weight is 463 g/mol. The second-order valence-corrected chi connectivity index (χ2v) is 8.24. The molecule has 5 aromatic rings. The smallest absolute Gasteiger partial charge is 0.228 e. The van der Waals surface area contributed by atoms with E-state index in [1.807, 2.05) is 61.5 Å². The van der Waals surface area contributed by atoms with Gasteiger partial charge < -0.3 is 14.7 Å². The maximum absolute atomic E-state index is 10.0. The van der Waals surface area contributed by atoms with Gasteiger partial charge in [-0.3, -0.25) is 0 Å². The van der Waals surface area contributed by atoms with Crippen molar-refractivity contribution in [2.24, 2.45) is 5.16 Å². The molecule has 3 heterocycles. The maximum Gasteiger partial charge on any atom is 0.228 e. The highest BCUT2D eigenvalue weighted by molar-refractivity contribution is 5.98. The number of fused-ring (bicyclic) bond motifs is 4. The van der Waals surface area contributed by atoms with E-state index >= 15 is 0 Å². The summed E-state index contributed by atoms with van der Waals surface area (Å²) in [5.74, 6) is 1.42. The van der Waals surface area contributed by atoms with Crippen molar-refractivity contribution in [2.45, 2.75) is 19.4 Å². The van der Waals surface area contributed by atoms with Crippen LogP contribution in [0.5, 0.6) is 17.4 Å². The summed E-state index contributed by atoms with van der Waals surface area (Å²) in [4.78, 5) is 14.8. The number of hydrogen-bond donors (Lipinski definition) is 1. The molecule has 172 valence electrons. The molecule has 1 unspecified atom stereocenters. The molecule has 6 rings (SSSR count). The van der Waals surface area contributed by atoms with Crippen LogP contribution in [-0.4, -0.2) is 30.4 Å². The van der Waals surface area contributed by atoms with E-state index in [-0.39, 0.29) is 18.3 Å². The molecule has 8 heteroatoms.